The molecule has 0 bridgehead atoms. The minimum absolute atomic E-state index is 0.403. The molecule has 5 heteroatoms. The molecule has 3 N–H and O–H groups in total. The summed E-state index contributed by atoms with van der Waals surface area (Å²) in [5.74, 6) is 1.69. The Morgan fingerprint density at radius 1 is 1.20 bits per heavy atom. The summed E-state index contributed by atoms with van der Waals surface area (Å²) in [6.45, 7) is 4.79. The predicted molar refractivity (Wildman–Crippen MR) is 103 cm³/mol. The topological polar surface area (TPSA) is 75.2 Å². The summed E-state index contributed by atoms with van der Waals surface area (Å²) in [7, 11) is 0. The maximum Gasteiger partial charge on any atom is 0.129 e. The van der Waals surface area contributed by atoms with E-state index in [-0.39, 0.29) is 0 Å². The molecular weight excluding hydrogens is 312 g/mol. The molecule has 132 valence electrons. The number of pyridine rings is 1. The van der Waals surface area contributed by atoms with Crippen LogP contribution in [0.3, 0.4) is 0 Å². The fraction of sp³-hybridized carbons (Fsp3) is 0.400. The SMILES string of the molecule is CCCOc1ccc(N)c(C(=N)c2ccnc(N3CCCCC3)c2)c1. The summed E-state index contributed by atoms with van der Waals surface area (Å²) in [4.78, 5) is 6.79. The van der Waals surface area contributed by atoms with Crippen molar-refractivity contribution in [3.05, 3.63) is 47.7 Å². The van der Waals surface area contributed by atoms with Crippen LogP contribution in [0, 0.1) is 5.41 Å². The van der Waals surface area contributed by atoms with Crippen molar-refractivity contribution in [3.8, 4) is 5.75 Å². The highest BCUT2D eigenvalue weighted by Crippen LogP contribution is 2.25. The van der Waals surface area contributed by atoms with Gasteiger partial charge in [0.05, 0.1) is 12.3 Å². The molecule has 2 heterocycles. The first-order chi connectivity index (χ1) is 12.2. The minimum atomic E-state index is 0.403. The van der Waals surface area contributed by atoms with Gasteiger partial charge in [0, 0.05) is 36.1 Å². The van der Waals surface area contributed by atoms with E-state index in [4.69, 9.17) is 15.9 Å². The standard InChI is InChI=1S/C20H26N4O/c1-2-12-25-16-6-7-18(21)17(14-16)20(22)15-8-9-23-19(13-15)24-10-4-3-5-11-24/h6-9,13-14,22H,2-5,10-12,21H2,1H3. The maximum atomic E-state index is 8.61. The average Bonchev–Trinajstić information content (AvgIpc) is 2.67. The highest BCUT2D eigenvalue weighted by Gasteiger charge is 2.15. The number of piperidine rings is 1. The number of nitrogens with two attached hydrogens (primary N) is 1. The molecule has 1 aliphatic heterocycles. The Balaban J connectivity index is 1.85. The van der Waals surface area contributed by atoms with Gasteiger partial charge in [-0.2, -0.15) is 0 Å². The monoisotopic (exact) mass is 338 g/mol. The van der Waals surface area contributed by atoms with Gasteiger partial charge >= 0.3 is 0 Å². The van der Waals surface area contributed by atoms with Crippen molar-refractivity contribution in [1.29, 1.82) is 5.41 Å². The smallest absolute Gasteiger partial charge is 0.129 e. The van der Waals surface area contributed by atoms with Crippen molar-refractivity contribution < 1.29 is 4.74 Å². The Morgan fingerprint density at radius 3 is 2.76 bits per heavy atom. The van der Waals surface area contributed by atoms with Crippen LogP contribution in [0.2, 0.25) is 0 Å². The van der Waals surface area contributed by atoms with Crippen LogP contribution in [0.5, 0.6) is 5.75 Å². The second kappa shape index (κ2) is 8.01. The zero-order chi connectivity index (χ0) is 17.6. The van der Waals surface area contributed by atoms with E-state index in [0.717, 1.165) is 36.6 Å². The average molecular weight is 338 g/mol. The second-order valence-electron chi connectivity index (χ2n) is 6.42. The van der Waals surface area contributed by atoms with Gasteiger partial charge in [-0.15, -0.1) is 0 Å². The third-order valence-corrected chi connectivity index (χ3v) is 4.48. The largest absolute Gasteiger partial charge is 0.494 e. The molecule has 1 aromatic carbocycles. The van der Waals surface area contributed by atoms with Crippen LogP contribution in [0.4, 0.5) is 11.5 Å². The van der Waals surface area contributed by atoms with Crippen molar-refractivity contribution in [2.75, 3.05) is 30.3 Å². The number of hydrogen-bond donors (Lipinski definition) is 2. The summed E-state index contributed by atoms with van der Waals surface area (Å²) in [5, 5.41) is 8.61. The van der Waals surface area contributed by atoms with E-state index in [1.807, 2.05) is 30.3 Å². The molecule has 5 nitrogen and oxygen atoms in total. The van der Waals surface area contributed by atoms with Crippen LogP contribution in [-0.4, -0.2) is 30.4 Å². The third-order valence-electron chi connectivity index (χ3n) is 4.48. The van der Waals surface area contributed by atoms with E-state index in [0.29, 0.717) is 23.6 Å². The number of nitrogens with one attached hydrogen (secondary N) is 1. The Kier molecular flexibility index (Phi) is 5.53. The van der Waals surface area contributed by atoms with E-state index in [1.54, 1.807) is 6.20 Å². The molecule has 25 heavy (non-hydrogen) atoms. The number of aromatic nitrogens is 1. The number of hydrogen-bond acceptors (Lipinski definition) is 5. The lowest BCUT2D eigenvalue weighted by Gasteiger charge is -2.28. The number of ether oxygens (including phenoxy) is 1. The Bertz CT molecular complexity index is 738. The first-order valence-corrected chi connectivity index (χ1v) is 9.01. The molecule has 2 aromatic rings. The lowest BCUT2D eigenvalue weighted by molar-refractivity contribution is 0.317. The molecule has 0 saturated carbocycles. The molecule has 3 rings (SSSR count). The quantitative estimate of drug-likeness (QED) is 0.619. The van der Waals surface area contributed by atoms with Crippen molar-refractivity contribution in [1.82, 2.24) is 4.98 Å². The highest BCUT2D eigenvalue weighted by molar-refractivity contribution is 6.14. The van der Waals surface area contributed by atoms with Gasteiger partial charge in [-0.25, -0.2) is 4.98 Å². The Labute approximate surface area is 149 Å². The lowest BCUT2D eigenvalue weighted by atomic mass is 10.0. The van der Waals surface area contributed by atoms with E-state index >= 15 is 0 Å². The Morgan fingerprint density at radius 2 is 2.00 bits per heavy atom. The molecule has 1 aromatic heterocycles. The second-order valence-corrected chi connectivity index (χ2v) is 6.42. The molecule has 1 fully saturated rings. The minimum Gasteiger partial charge on any atom is -0.494 e. The number of benzene rings is 1. The van der Waals surface area contributed by atoms with Gasteiger partial charge in [0.2, 0.25) is 0 Å². The van der Waals surface area contributed by atoms with E-state index in [1.165, 1.54) is 19.3 Å². The van der Waals surface area contributed by atoms with Crippen LogP contribution < -0.4 is 15.4 Å². The lowest BCUT2D eigenvalue weighted by Crippen LogP contribution is -2.30. The molecule has 0 unspecified atom stereocenters. The van der Waals surface area contributed by atoms with Crippen molar-refractivity contribution in [3.63, 3.8) is 0 Å². The number of nitrogen functional groups attached to an aromatic ring is 1. The van der Waals surface area contributed by atoms with E-state index < -0.39 is 0 Å². The third kappa shape index (κ3) is 4.10. The molecule has 0 spiro atoms. The van der Waals surface area contributed by atoms with Gasteiger partial charge < -0.3 is 15.4 Å². The predicted octanol–water partition coefficient (Wildman–Crippen LogP) is 3.86. The molecule has 0 radical (unpaired) electrons. The number of nitrogens with zero attached hydrogens (tertiary/aromatic N) is 2. The van der Waals surface area contributed by atoms with Crippen LogP contribution >= 0.6 is 0 Å². The summed E-state index contributed by atoms with van der Waals surface area (Å²) in [6, 6.07) is 9.38. The first-order valence-electron chi connectivity index (χ1n) is 9.01. The number of rotatable bonds is 6. The van der Waals surface area contributed by atoms with Crippen molar-refractivity contribution in [2.24, 2.45) is 0 Å². The van der Waals surface area contributed by atoms with E-state index in [2.05, 4.69) is 16.8 Å². The zero-order valence-corrected chi connectivity index (χ0v) is 14.8. The van der Waals surface area contributed by atoms with E-state index in [9.17, 15) is 0 Å². The molecule has 0 amide bonds. The summed E-state index contributed by atoms with van der Waals surface area (Å²) in [6.07, 6.45) is 6.41. The fourth-order valence-corrected chi connectivity index (χ4v) is 3.09. The summed E-state index contributed by atoms with van der Waals surface area (Å²) < 4.78 is 5.68. The van der Waals surface area contributed by atoms with Crippen LogP contribution in [0.15, 0.2) is 36.5 Å². The Hall–Kier alpha value is -2.56. The van der Waals surface area contributed by atoms with Gasteiger partial charge in [0.1, 0.15) is 11.6 Å². The van der Waals surface area contributed by atoms with Gasteiger partial charge in [0.15, 0.2) is 0 Å². The van der Waals surface area contributed by atoms with Crippen LogP contribution in [0.1, 0.15) is 43.7 Å². The molecule has 1 aliphatic rings. The van der Waals surface area contributed by atoms with Crippen molar-refractivity contribution in [2.45, 2.75) is 32.6 Å². The van der Waals surface area contributed by atoms with Crippen molar-refractivity contribution >= 4 is 17.2 Å². The van der Waals surface area contributed by atoms with Gasteiger partial charge in [0.25, 0.3) is 0 Å². The van der Waals surface area contributed by atoms with Crippen LogP contribution in [0.25, 0.3) is 0 Å². The summed E-state index contributed by atoms with van der Waals surface area (Å²) >= 11 is 0. The first kappa shape index (κ1) is 17.3. The fourth-order valence-electron chi connectivity index (χ4n) is 3.09. The highest BCUT2D eigenvalue weighted by atomic mass is 16.5. The zero-order valence-electron chi connectivity index (χ0n) is 14.8. The molecular formula is C20H26N4O. The molecule has 0 aliphatic carbocycles. The van der Waals surface area contributed by atoms with Gasteiger partial charge in [-0.1, -0.05) is 6.92 Å². The number of anilines is 2. The normalized spacial score (nSPS) is 14.4. The van der Waals surface area contributed by atoms with Gasteiger partial charge in [-0.3, -0.25) is 5.41 Å². The maximum absolute atomic E-state index is 8.61. The van der Waals surface area contributed by atoms with Gasteiger partial charge in [-0.05, 0) is 56.0 Å². The summed E-state index contributed by atoms with van der Waals surface area (Å²) in [5.41, 5.74) is 8.63. The molecule has 0 atom stereocenters. The molecule has 1 saturated heterocycles. The van der Waals surface area contributed by atoms with Crippen LogP contribution in [-0.2, 0) is 0 Å².